The van der Waals surface area contributed by atoms with Crippen molar-refractivity contribution in [2.75, 3.05) is 18.5 Å². The second kappa shape index (κ2) is 5.69. The topological polar surface area (TPSA) is 38.2 Å². The molecule has 5 heteroatoms. The average Bonchev–Trinajstić information content (AvgIpc) is 2.41. The lowest BCUT2D eigenvalue weighted by Crippen LogP contribution is -2.17. The number of rotatable bonds is 4. The van der Waals surface area contributed by atoms with Gasteiger partial charge in [-0.1, -0.05) is 23.7 Å². The Morgan fingerprint density at radius 2 is 2.06 bits per heavy atom. The van der Waals surface area contributed by atoms with E-state index in [0.29, 0.717) is 16.7 Å². The molecule has 0 radical (unpaired) electrons. The molecule has 0 fully saturated rings. The standard InChI is InChI=1S/C13H14ClN3O/c1-3-17(2)12-8-13(16-9-15-12)18-11-7-5-4-6-10(11)14/h4-9H,3H2,1-2H3. The fraction of sp³-hybridized carbons (Fsp3) is 0.231. The van der Waals surface area contributed by atoms with Crippen molar-refractivity contribution in [1.29, 1.82) is 0 Å². The molecule has 4 nitrogen and oxygen atoms in total. The lowest BCUT2D eigenvalue weighted by atomic mass is 10.3. The summed E-state index contributed by atoms with van der Waals surface area (Å²) in [6.45, 7) is 2.92. The maximum atomic E-state index is 6.02. The van der Waals surface area contributed by atoms with Crippen molar-refractivity contribution < 1.29 is 4.74 Å². The SMILES string of the molecule is CCN(C)c1cc(Oc2ccccc2Cl)ncn1. The zero-order valence-corrected chi connectivity index (χ0v) is 11.1. The van der Waals surface area contributed by atoms with E-state index in [1.165, 1.54) is 6.33 Å². The number of anilines is 1. The second-order valence-electron chi connectivity index (χ2n) is 3.76. The molecule has 94 valence electrons. The molecule has 0 spiro atoms. The van der Waals surface area contributed by atoms with E-state index in [0.717, 1.165) is 12.4 Å². The summed E-state index contributed by atoms with van der Waals surface area (Å²) in [5.74, 6) is 1.88. The highest BCUT2D eigenvalue weighted by Gasteiger charge is 2.06. The van der Waals surface area contributed by atoms with Crippen molar-refractivity contribution in [3.05, 3.63) is 41.7 Å². The summed E-state index contributed by atoms with van der Waals surface area (Å²) in [6.07, 6.45) is 1.48. The van der Waals surface area contributed by atoms with Crippen LogP contribution < -0.4 is 9.64 Å². The Morgan fingerprint density at radius 3 is 2.78 bits per heavy atom. The fourth-order valence-corrected chi connectivity index (χ4v) is 1.57. The number of hydrogen-bond acceptors (Lipinski definition) is 4. The van der Waals surface area contributed by atoms with Gasteiger partial charge in [-0.2, -0.15) is 0 Å². The summed E-state index contributed by atoms with van der Waals surface area (Å²) in [6, 6.07) is 9.07. The Labute approximate surface area is 111 Å². The van der Waals surface area contributed by atoms with E-state index >= 15 is 0 Å². The average molecular weight is 264 g/mol. The van der Waals surface area contributed by atoms with Crippen LogP contribution in [0.25, 0.3) is 0 Å². The van der Waals surface area contributed by atoms with E-state index in [9.17, 15) is 0 Å². The van der Waals surface area contributed by atoms with Crippen LogP contribution in [0.5, 0.6) is 11.6 Å². The number of halogens is 1. The van der Waals surface area contributed by atoms with Gasteiger partial charge in [0, 0.05) is 19.7 Å². The summed E-state index contributed by atoms with van der Waals surface area (Å²) < 4.78 is 5.63. The first kappa shape index (κ1) is 12.6. The smallest absolute Gasteiger partial charge is 0.224 e. The Kier molecular flexibility index (Phi) is 3.99. The third-order valence-corrected chi connectivity index (χ3v) is 2.86. The lowest BCUT2D eigenvalue weighted by molar-refractivity contribution is 0.461. The minimum Gasteiger partial charge on any atom is -0.437 e. The van der Waals surface area contributed by atoms with E-state index < -0.39 is 0 Å². The van der Waals surface area contributed by atoms with Crippen LogP contribution in [-0.4, -0.2) is 23.6 Å². The van der Waals surface area contributed by atoms with Crippen LogP contribution >= 0.6 is 11.6 Å². The summed E-state index contributed by atoms with van der Waals surface area (Å²) in [5.41, 5.74) is 0. The van der Waals surface area contributed by atoms with Gasteiger partial charge in [0.2, 0.25) is 5.88 Å². The summed E-state index contributed by atoms with van der Waals surface area (Å²) in [4.78, 5) is 10.3. The molecule has 0 bridgehead atoms. The highest BCUT2D eigenvalue weighted by molar-refractivity contribution is 6.32. The normalized spacial score (nSPS) is 10.2. The van der Waals surface area contributed by atoms with Gasteiger partial charge in [0.05, 0.1) is 5.02 Å². The van der Waals surface area contributed by atoms with Crippen molar-refractivity contribution in [2.24, 2.45) is 0 Å². The van der Waals surface area contributed by atoms with Gasteiger partial charge in [-0.3, -0.25) is 0 Å². The largest absolute Gasteiger partial charge is 0.437 e. The molecule has 1 aromatic heterocycles. The van der Waals surface area contributed by atoms with Gasteiger partial charge in [0.25, 0.3) is 0 Å². The van der Waals surface area contributed by atoms with Gasteiger partial charge in [0.15, 0.2) is 0 Å². The van der Waals surface area contributed by atoms with Crippen LogP contribution in [0.15, 0.2) is 36.7 Å². The summed E-state index contributed by atoms with van der Waals surface area (Å²) in [5, 5.41) is 0.557. The third kappa shape index (κ3) is 2.90. The van der Waals surface area contributed by atoms with Gasteiger partial charge in [-0.05, 0) is 19.1 Å². The lowest BCUT2D eigenvalue weighted by Gasteiger charge is -2.15. The fourth-order valence-electron chi connectivity index (χ4n) is 1.40. The Morgan fingerprint density at radius 1 is 1.28 bits per heavy atom. The number of ether oxygens (including phenoxy) is 1. The van der Waals surface area contributed by atoms with Crippen LogP contribution in [0.3, 0.4) is 0 Å². The molecule has 0 aliphatic rings. The Balaban J connectivity index is 2.22. The van der Waals surface area contributed by atoms with Crippen molar-refractivity contribution in [2.45, 2.75) is 6.92 Å². The quantitative estimate of drug-likeness (QED) is 0.848. The third-order valence-electron chi connectivity index (χ3n) is 2.54. The number of para-hydroxylation sites is 1. The highest BCUT2D eigenvalue weighted by Crippen LogP contribution is 2.28. The van der Waals surface area contributed by atoms with E-state index in [-0.39, 0.29) is 0 Å². The summed E-state index contributed by atoms with van der Waals surface area (Å²) >= 11 is 6.02. The molecule has 1 aromatic carbocycles. The van der Waals surface area contributed by atoms with Gasteiger partial charge in [0.1, 0.15) is 17.9 Å². The van der Waals surface area contributed by atoms with E-state index in [2.05, 4.69) is 16.9 Å². The molecule has 0 amide bonds. The van der Waals surface area contributed by atoms with Crippen LogP contribution in [-0.2, 0) is 0 Å². The molecule has 0 aliphatic heterocycles. The summed E-state index contributed by atoms with van der Waals surface area (Å²) in [7, 11) is 1.96. The number of aromatic nitrogens is 2. The monoisotopic (exact) mass is 263 g/mol. The number of nitrogens with zero attached hydrogens (tertiary/aromatic N) is 3. The zero-order chi connectivity index (χ0) is 13.0. The van der Waals surface area contributed by atoms with Crippen molar-refractivity contribution in [1.82, 2.24) is 9.97 Å². The minimum absolute atomic E-state index is 0.480. The van der Waals surface area contributed by atoms with Crippen LogP contribution in [0.2, 0.25) is 5.02 Å². The van der Waals surface area contributed by atoms with Crippen LogP contribution in [0, 0.1) is 0 Å². The molecule has 18 heavy (non-hydrogen) atoms. The first-order valence-electron chi connectivity index (χ1n) is 5.66. The van der Waals surface area contributed by atoms with E-state index in [4.69, 9.17) is 16.3 Å². The Hall–Kier alpha value is -1.81. The van der Waals surface area contributed by atoms with Gasteiger partial charge >= 0.3 is 0 Å². The van der Waals surface area contributed by atoms with Gasteiger partial charge in [-0.15, -0.1) is 0 Å². The maximum Gasteiger partial charge on any atom is 0.224 e. The van der Waals surface area contributed by atoms with E-state index in [1.807, 2.05) is 24.1 Å². The Bertz CT molecular complexity index is 533. The van der Waals surface area contributed by atoms with Crippen molar-refractivity contribution in [3.63, 3.8) is 0 Å². The molecule has 2 aromatic rings. The molecule has 0 saturated heterocycles. The van der Waals surface area contributed by atoms with Crippen LogP contribution in [0.1, 0.15) is 6.92 Å². The first-order chi connectivity index (χ1) is 8.70. The minimum atomic E-state index is 0.480. The first-order valence-corrected chi connectivity index (χ1v) is 6.04. The van der Waals surface area contributed by atoms with Gasteiger partial charge < -0.3 is 9.64 Å². The second-order valence-corrected chi connectivity index (χ2v) is 4.17. The molecule has 1 heterocycles. The molecule has 0 unspecified atom stereocenters. The molecule has 2 rings (SSSR count). The predicted octanol–water partition coefficient (Wildman–Crippen LogP) is 3.38. The van der Waals surface area contributed by atoms with Crippen molar-refractivity contribution >= 4 is 17.4 Å². The highest BCUT2D eigenvalue weighted by atomic mass is 35.5. The number of benzene rings is 1. The molecule has 0 atom stereocenters. The predicted molar refractivity (Wildman–Crippen MR) is 72.5 cm³/mol. The van der Waals surface area contributed by atoms with Gasteiger partial charge in [-0.25, -0.2) is 9.97 Å². The molecular formula is C13H14ClN3O. The molecular weight excluding hydrogens is 250 g/mol. The maximum absolute atomic E-state index is 6.02. The molecule has 0 N–H and O–H groups in total. The molecule has 0 saturated carbocycles. The van der Waals surface area contributed by atoms with Crippen LogP contribution in [0.4, 0.5) is 5.82 Å². The van der Waals surface area contributed by atoms with Crippen molar-refractivity contribution in [3.8, 4) is 11.6 Å². The zero-order valence-electron chi connectivity index (χ0n) is 10.3. The molecule has 0 aliphatic carbocycles. The van der Waals surface area contributed by atoms with E-state index in [1.54, 1.807) is 18.2 Å². The number of hydrogen-bond donors (Lipinski definition) is 0.